The third kappa shape index (κ3) is 4.51. The Bertz CT molecular complexity index is 744. The Hall–Kier alpha value is -2.48. The van der Waals surface area contributed by atoms with Crippen LogP contribution in [0.1, 0.15) is 16.1 Å². The number of carbonyl (C=O) groups is 2. The molecule has 1 aromatic carbocycles. The van der Waals surface area contributed by atoms with Crippen LogP contribution in [0.4, 0.5) is 0 Å². The van der Waals surface area contributed by atoms with E-state index in [2.05, 4.69) is 15.9 Å². The molecule has 128 valence electrons. The third-order valence-electron chi connectivity index (χ3n) is 3.15. The zero-order chi connectivity index (χ0) is 17.7. The summed E-state index contributed by atoms with van der Waals surface area (Å²) in [6.07, 6.45) is 0. The summed E-state index contributed by atoms with van der Waals surface area (Å²) < 4.78 is 16.4. The van der Waals surface area contributed by atoms with Crippen molar-refractivity contribution in [1.29, 1.82) is 0 Å². The van der Waals surface area contributed by atoms with E-state index in [0.717, 1.165) is 0 Å². The molecule has 0 spiro atoms. The average molecular weight is 397 g/mol. The molecule has 1 heterocycles. The van der Waals surface area contributed by atoms with Crippen molar-refractivity contribution in [3.05, 3.63) is 46.3 Å². The highest BCUT2D eigenvalue weighted by Gasteiger charge is 2.16. The summed E-state index contributed by atoms with van der Waals surface area (Å²) in [6, 6.07) is 8.26. The van der Waals surface area contributed by atoms with Crippen molar-refractivity contribution in [2.75, 3.05) is 20.8 Å². The Morgan fingerprint density at radius 2 is 2.00 bits per heavy atom. The maximum Gasteiger partial charge on any atom is 0.255 e. The smallest absolute Gasteiger partial charge is 0.255 e. The maximum atomic E-state index is 12.5. The third-order valence-corrected chi connectivity index (χ3v) is 3.58. The number of nitrogens with zero attached hydrogens (tertiary/aromatic N) is 1. The van der Waals surface area contributed by atoms with Crippen molar-refractivity contribution in [1.82, 2.24) is 4.90 Å². The second-order valence-electron chi connectivity index (χ2n) is 4.99. The molecule has 1 aromatic heterocycles. The van der Waals surface area contributed by atoms with Gasteiger partial charge in [0.25, 0.3) is 11.8 Å². The van der Waals surface area contributed by atoms with Crippen molar-refractivity contribution in [3.8, 4) is 11.5 Å². The standard InChI is InChI=1S/C16H17BrN2O5/c1-19(8-11-4-6-14(17)24-11)16(21)10-3-5-12(13(7-10)22-2)23-9-15(18)20/h3-7H,8-9H2,1-2H3,(H2,18,20). The highest BCUT2D eigenvalue weighted by molar-refractivity contribution is 9.10. The molecule has 0 aliphatic heterocycles. The number of carbonyl (C=O) groups excluding carboxylic acids is 2. The van der Waals surface area contributed by atoms with Gasteiger partial charge in [0.15, 0.2) is 22.8 Å². The Morgan fingerprint density at radius 1 is 1.25 bits per heavy atom. The minimum Gasteiger partial charge on any atom is -0.493 e. The van der Waals surface area contributed by atoms with Crippen molar-refractivity contribution in [3.63, 3.8) is 0 Å². The van der Waals surface area contributed by atoms with Gasteiger partial charge in [-0.2, -0.15) is 0 Å². The van der Waals surface area contributed by atoms with Crippen LogP contribution in [0.2, 0.25) is 0 Å². The lowest BCUT2D eigenvalue weighted by Gasteiger charge is -2.17. The van der Waals surface area contributed by atoms with Gasteiger partial charge in [-0.1, -0.05) is 0 Å². The van der Waals surface area contributed by atoms with Crippen LogP contribution in [0.25, 0.3) is 0 Å². The van der Waals surface area contributed by atoms with Crippen LogP contribution in [0, 0.1) is 0 Å². The molecule has 0 saturated heterocycles. The summed E-state index contributed by atoms with van der Waals surface area (Å²) in [4.78, 5) is 24.8. The van der Waals surface area contributed by atoms with E-state index >= 15 is 0 Å². The lowest BCUT2D eigenvalue weighted by atomic mass is 10.1. The predicted octanol–water partition coefficient (Wildman–Crippen LogP) is 2.19. The maximum absolute atomic E-state index is 12.5. The van der Waals surface area contributed by atoms with Gasteiger partial charge in [-0.15, -0.1) is 0 Å². The Labute approximate surface area is 147 Å². The zero-order valence-electron chi connectivity index (χ0n) is 13.2. The predicted molar refractivity (Wildman–Crippen MR) is 89.9 cm³/mol. The first-order valence-electron chi connectivity index (χ1n) is 6.99. The van der Waals surface area contributed by atoms with E-state index in [9.17, 15) is 9.59 Å². The minimum absolute atomic E-state index is 0.206. The fourth-order valence-corrected chi connectivity index (χ4v) is 2.37. The molecular weight excluding hydrogens is 380 g/mol. The fourth-order valence-electron chi connectivity index (χ4n) is 2.03. The SMILES string of the molecule is COc1cc(C(=O)N(C)Cc2ccc(Br)o2)ccc1OCC(N)=O. The number of hydrogen-bond acceptors (Lipinski definition) is 5. The van der Waals surface area contributed by atoms with Gasteiger partial charge in [0.2, 0.25) is 0 Å². The van der Waals surface area contributed by atoms with E-state index in [1.165, 1.54) is 12.0 Å². The summed E-state index contributed by atoms with van der Waals surface area (Å²) >= 11 is 3.22. The summed E-state index contributed by atoms with van der Waals surface area (Å²) in [7, 11) is 3.12. The van der Waals surface area contributed by atoms with Crippen LogP contribution in [-0.2, 0) is 11.3 Å². The number of furan rings is 1. The Balaban J connectivity index is 2.12. The molecule has 7 nitrogen and oxygen atoms in total. The Kier molecular flexibility index (Phi) is 5.86. The number of methoxy groups -OCH3 is 1. The Morgan fingerprint density at radius 3 is 2.58 bits per heavy atom. The normalized spacial score (nSPS) is 10.3. The minimum atomic E-state index is -0.596. The van der Waals surface area contributed by atoms with Crippen molar-refractivity contribution in [2.24, 2.45) is 5.73 Å². The summed E-state index contributed by atoms with van der Waals surface area (Å²) in [6.45, 7) is 0.0591. The average Bonchev–Trinajstić information content (AvgIpc) is 2.96. The quantitative estimate of drug-likeness (QED) is 0.773. The molecule has 2 rings (SSSR count). The monoisotopic (exact) mass is 396 g/mol. The largest absolute Gasteiger partial charge is 0.493 e. The molecule has 0 radical (unpaired) electrons. The molecule has 2 aromatic rings. The zero-order valence-corrected chi connectivity index (χ0v) is 14.8. The molecule has 24 heavy (non-hydrogen) atoms. The summed E-state index contributed by atoms with van der Waals surface area (Å²) in [5, 5.41) is 0. The van der Waals surface area contributed by atoms with Crippen molar-refractivity contribution in [2.45, 2.75) is 6.54 Å². The van der Waals surface area contributed by atoms with Gasteiger partial charge in [0.1, 0.15) is 5.76 Å². The van der Waals surface area contributed by atoms with E-state index in [1.807, 2.05) is 0 Å². The van der Waals surface area contributed by atoms with Crippen LogP contribution in [0.15, 0.2) is 39.4 Å². The molecule has 2 N–H and O–H groups in total. The van der Waals surface area contributed by atoms with Gasteiger partial charge in [0.05, 0.1) is 13.7 Å². The first-order valence-corrected chi connectivity index (χ1v) is 7.79. The molecular formula is C16H17BrN2O5. The lowest BCUT2D eigenvalue weighted by molar-refractivity contribution is -0.119. The molecule has 0 unspecified atom stereocenters. The number of rotatable bonds is 7. The van der Waals surface area contributed by atoms with E-state index in [-0.39, 0.29) is 12.5 Å². The number of amides is 2. The van der Waals surface area contributed by atoms with Crippen molar-refractivity contribution < 1.29 is 23.5 Å². The summed E-state index contributed by atoms with van der Waals surface area (Å²) in [5.41, 5.74) is 5.47. The van der Waals surface area contributed by atoms with Crippen LogP contribution in [0.5, 0.6) is 11.5 Å². The first kappa shape index (κ1) is 17.9. The number of ether oxygens (including phenoxy) is 2. The van der Waals surface area contributed by atoms with E-state index in [4.69, 9.17) is 19.6 Å². The molecule has 0 atom stereocenters. The van der Waals surface area contributed by atoms with Gasteiger partial charge < -0.3 is 24.5 Å². The van der Waals surface area contributed by atoms with Crippen LogP contribution < -0.4 is 15.2 Å². The van der Waals surface area contributed by atoms with Crippen LogP contribution >= 0.6 is 15.9 Å². The molecule has 2 amide bonds. The van der Waals surface area contributed by atoms with Gasteiger partial charge >= 0.3 is 0 Å². The van der Waals surface area contributed by atoms with Crippen molar-refractivity contribution >= 4 is 27.7 Å². The summed E-state index contributed by atoms with van der Waals surface area (Å²) in [5.74, 6) is 0.539. The molecule has 0 bridgehead atoms. The first-order chi connectivity index (χ1) is 11.4. The lowest BCUT2D eigenvalue weighted by Crippen LogP contribution is -2.26. The second-order valence-corrected chi connectivity index (χ2v) is 5.77. The van der Waals surface area contributed by atoms with E-state index in [0.29, 0.717) is 34.0 Å². The van der Waals surface area contributed by atoms with Crippen LogP contribution in [-0.4, -0.2) is 37.5 Å². The van der Waals surface area contributed by atoms with Gasteiger partial charge in [0, 0.05) is 12.6 Å². The van der Waals surface area contributed by atoms with Gasteiger partial charge in [-0.05, 0) is 46.3 Å². The highest BCUT2D eigenvalue weighted by Crippen LogP contribution is 2.28. The number of benzene rings is 1. The topological polar surface area (TPSA) is 95.0 Å². The number of nitrogens with two attached hydrogens (primary N) is 1. The number of halogens is 1. The number of hydrogen-bond donors (Lipinski definition) is 1. The van der Waals surface area contributed by atoms with E-state index < -0.39 is 5.91 Å². The molecule has 0 saturated carbocycles. The molecule has 0 aliphatic carbocycles. The molecule has 8 heteroatoms. The van der Waals surface area contributed by atoms with Gasteiger partial charge in [-0.25, -0.2) is 0 Å². The molecule has 0 fully saturated rings. The highest BCUT2D eigenvalue weighted by atomic mass is 79.9. The fraction of sp³-hybridized carbons (Fsp3) is 0.250. The number of primary amides is 1. The molecule has 0 aliphatic rings. The van der Waals surface area contributed by atoms with E-state index in [1.54, 1.807) is 37.4 Å². The van der Waals surface area contributed by atoms with Crippen LogP contribution in [0.3, 0.4) is 0 Å². The van der Waals surface area contributed by atoms with Gasteiger partial charge in [-0.3, -0.25) is 9.59 Å². The second kappa shape index (κ2) is 7.87.